The molecular weight excluding hydrogens is 272 g/mol. The number of hydrogen-bond donors (Lipinski definition) is 1. The van der Waals surface area contributed by atoms with Gasteiger partial charge in [-0.2, -0.15) is 4.98 Å². The molecular formula is C18H24N4. The van der Waals surface area contributed by atoms with Crippen LogP contribution in [0.1, 0.15) is 31.0 Å². The zero-order chi connectivity index (χ0) is 15.4. The Kier molecular flexibility index (Phi) is 4.56. The predicted molar refractivity (Wildman–Crippen MR) is 91.1 cm³/mol. The van der Waals surface area contributed by atoms with Crippen LogP contribution < -0.4 is 10.2 Å². The lowest BCUT2D eigenvalue weighted by atomic mass is 10.0. The number of piperidine rings is 1. The Labute approximate surface area is 132 Å². The number of benzene rings is 1. The van der Waals surface area contributed by atoms with E-state index in [0.29, 0.717) is 0 Å². The quantitative estimate of drug-likeness (QED) is 0.935. The van der Waals surface area contributed by atoms with Gasteiger partial charge in [0.2, 0.25) is 5.95 Å². The van der Waals surface area contributed by atoms with Gasteiger partial charge >= 0.3 is 0 Å². The third-order valence-electron chi connectivity index (χ3n) is 4.12. The maximum atomic E-state index is 4.71. The molecule has 0 bridgehead atoms. The summed E-state index contributed by atoms with van der Waals surface area (Å²) in [6, 6.07) is 12.4. The van der Waals surface area contributed by atoms with Crippen molar-refractivity contribution >= 4 is 11.8 Å². The van der Waals surface area contributed by atoms with Crippen molar-refractivity contribution in [3.05, 3.63) is 47.7 Å². The largest absolute Gasteiger partial charge is 0.356 e. The predicted octanol–water partition coefficient (Wildman–Crippen LogP) is 3.63. The molecule has 0 amide bonds. The molecule has 4 nitrogen and oxygen atoms in total. The van der Waals surface area contributed by atoms with Gasteiger partial charge in [-0.1, -0.05) is 37.3 Å². The number of rotatable bonds is 4. The maximum absolute atomic E-state index is 4.71. The number of aromatic nitrogens is 2. The molecule has 1 saturated heterocycles. The van der Waals surface area contributed by atoms with Gasteiger partial charge in [0.05, 0.1) is 0 Å². The third kappa shape index (κ3) is 3.75. The summed E-state index contributed by atoms with van der Waals surface area (Å²) in [5, 5.41) is 3.34. The van der Waals surface area contributed by atoms with Gasteiger partial charge in [-0.3, -0.25) is 0 Å². The summed E-state index contributed by atoms with van der Waals surface area (Å²) in [6.45, 7) is 7.29. The number of hydrogen-bond acceptors (Lipinski definition) is 4. The second-order valence-corrected chi connectivity index (χ2v) is 6.22. The first kappa shape index (κ1) is 14.8. The minimum atomic E-state index is 0.720. The fourth-order valence-corrected chi connectivity index (χ4v) is 2.97. The Morgan fingerprint density at radius 3 is 2.82 bits per heavy atom. The second-order valence-electron chi connectivity index (χ2n) is 6.22. The molecule has 1 unspecified atom stereocenters. The van der Waals surface area contributed by atoms with Gasteiger partial charge in [-0.05, 0) is 31.2 Å². The van der Waals surface area contributed by atoms with Crippen molar-refractivity contribution in [1.29, 1.82) is 0 Å². The van der Waals surface area contributed by atoms with Gasteiger partial charge in [-0.25, -0.2) is 4.98 Å². The molecule has 1 atom stereocenters. The van der Waals surface area contributed by atoms with E-state index in [9.17, 15) is 0 Å². The van der Waals surface area contributed by atoms with Crippen LogP contribution in [0.2, 0.25) is 0 Å². The van der Waals surface area contributed by atoms with Crippen LogP contribution in [0.25, 0.3) is 0 Å². The van der Waals surface area contributed by atoms with Crippen LogP contribution in [0.15, 0.2) is 36.4 Å². The van der Waals surface area contributed by atoms with E-state index in [2.05, 4.69) is 52.5 Å². The van der Waals surface area contributed by atoms with E-state index in [1.807, 2.05) is 13.0 Å². The first-order chi connectivity index (χ1) is 10.7. The highest BCUT2D eigenvalue weighted by Crippen LogP contribution is 2.22. The van der Waals surface area contributed by atoms with Gasteiger partial charge in [0.25, 0.3) is 0 Å². The molecule has 0 saturated carbocycles. The summed E-state index contributed by atoms with van der Waals surface area (Å²) in [5.41, 5.74) is 2.25. The first-order valence-corrected chi connectivity index (χ1v) is 8.09. The minimum Gasteiger partial charge on any atom is -0.356 e. The van der Waals surface area contributed by atoms with E-state index in [-0.39, 0.29) is 0 Å². The fraction of sp³-hybridized carbons (Fsp3) is 0.444. The maximum Gasteiger partial charge on any atom is 0.225 e. The van der Waals surface area contributed by atoms with Crippen LogP contribution in [0, 0.1) is 12.8 Å². The van der Waals surface area contributed by atoms with Gasteiger partial charge in [0.15, 0.2) is 0 Å². The van der Waals surface area contributed by atoms with E-state index in [1.165, 1.54) is 18.4 Å². The molecule has 2 heterocycles. The molecule has 0 radical (unpaired) electrons. The van der Waals surface area contributed by atoms with Crippen molar-refractivity contribution in [2.24, 2.45) is 5.92 Å². The van der Waals surface area contributed by atoms with Crippen LogP contribution in [0.4, 0.5) is 11.8 Å². The molecule has 1 N–H and O–H groups in total. The summed E-state index contributed by atoms with van der Waals surface area (Å²) in [6.07, 6.45) is 2.57. The van der Waals surface area contributed by atoms with Crippen molar-refractivity contribution in [1.82, 2.24) is 9.97 Å². The SMILES string of the molecule is Cc1cc(N2CCCC(C)C2)nc(NCc2ccccc2)n1. The van der Waals surface area contributed by atoms with Gasteiger partial charge in [0.1, 0.15) is 5.82 Å². The van der Waals surface area contributed by atoms with E-state index in [0.717, 1.165) is 43.0 Å². The van der Waals surface area contributed by atoms with Gasteiger partial charge in [0, 0.05) is 31.4 Å². The highest BCUT2D eigenvalue weighted by atomic mass is 15.2. The molecule has 1 fully saturated rings. The standard InChI is InChI=1S/C18H24N4/c1-14-7-6-10-22(13-14)17-11-15(2)20-18(21-17)19-12-16-8-4-3-5-9-16/h3-5,8-9,11,14H,6-7,10,12-13H2,1-2H3,(H,19,20,21). The lowest BCUT2D eigenvalue weighted by molar-refractivity contribution is 0.444. The van der Waals surface area contributed by atoms with Gasteiger partial charge in [-0.15, -0.1) is 0 Å². The van der Waals surface area contributed by atoms with Crippen molar-refractivity contribution < 1.29 is 0 Å². The third-order valence-corrected chi connectivity index (χ3v) is 4.12. The van der Waals surface area contributed by atoms with Crippen molar-refractivity contribution in [2.45, 2.75) is 33.2 Å². The molecule has 116 valence electrons. The Morgan fingerprint density at radius 2 is 2.05 bits per heavy atom. The smallest absolute Gasteiger partial charge is 0.225 e. The van der Waals surface area contributed by atoms with Crippen LogP contribution >= 0.6 is 0 Å². The summed E-state index contributed by atoms with van der Waals surface area (Å²) in [7, 11) is 0. The minimum absolute atomic E-state index is 0.720. The molecule has 0 spiro atoms. The molecule has 1 aliphatic heterocycles. The van der Waals surface area contributed by atoms with Crippen LogP contribution in [0.5, 0.6) is 0 Å². The normalized spacial score (nSPS) is 18.3. The van der Waals surface area contributed by atoms with Crippen molar-refractivity contribution in [3.63, 3.8) is 0 Å². The van der Waals surface area contributed by atoms with E-state index in [4.69, 9.17) is 4.98 Å². The highest BCUT2D eigenvalue weighted by Gasteiger charge is 2.18. The average molecular weight is 296 g/mol. The van der Waals surface area contributed by atoms with Gasteiger partial charge < -0.3 is 10.2 Å². The second kappa shape index (κ2) is 6.77. The molecule has 1 aromatic carbocycles. The number of aryl methyl sites for hydroxylation is 1. The Balaban J connectivity index is 1.72. The lowest BCUT2D eigenvalue weighted by Gasteiger charge is -2.32. The fourth-order valence-electron chi connectivity index (χ4n) is 2.97. The summed E-state index contributed by atoms with van der Waals surface area (Å²) in [5.74, 6) is 2.51. The van der Waals surface area contributed by atoms with Crippen molar-refractivity contribution in [2.75, 3.05) is 23.3 Å². The highest BCUT2D eigenvalue weighted by molar-refractivity contribution is 5.45. The van der Waals surface area contributed by atoms with E-state index >= 15 is 0 Å². The lowest BCUT2D eigenvalue weighted by Crippen LogP contribution is -2.35. The Hall–Kier alpha value is -2.10. The molecule has 2 aromatic rings. The molecule has 1 aromatic heterocycles. The molecule has 0 aliphatic carbocycles. The number of nitrogens with zero attached hydrogens (tertiary/aromatic N) is 3. The van der Waals surface area contributed by atoms with E-state index < -0.39 is 0 Å². The van der Waals surface area contributed by atoms with Crippen molar-refractivity contribution in [3.8, 4) is 0 Å². The van der Waals surface area contributed by atoms with Crippen LogP contribution in [-0.2, 0) is 6.54 Å². The monoisotopic (exact) mass is 296 g/mol. The zero-order valence-corrected chi connectivity index (χ0v) is 13.4. The number of anilines is 2. The summed E-state index contributed by atoms with van der Waals surface area (Å²) >= 11 is 0. The first-order valence-electron chi connectivity index (χ1n) is 8.09. The molecule has 4 heteroatoms. The zero-order valence-electron chi connectivity index (χ0n) is 13.4. The molecule has 22 heavy (non-hydrogen) atoms. The topological polar surface area (TPSA) is 41.1 Å². The Bertz CT molecular complexity index is 612. The Morgan fingerprint density at radius 1 is 1.23 bits per heavy atom. The molecule has 1 aliphatic rings. The van der Waals surface area contributed by atoms with Crippen LogP contribution in [0.3, 0.4) is 0 Å². The van der Waals surface area contributed by atoms with Crippen LogP contribution in [-0.4, -0.2) is 23.1 Å². The number of nitrogens with one attached hydrogen (secondary N) is 1. The average Bonchev–Trinajstić information content (AvgIpc) is 2.53. The van der Waals surface area contributed by atoms with E-state index in [1.54, 1.807) is 0 Å². The summed E-state index contributed by atoms with van der Waals surface area (Å²) < 4.78 is 0. The molecule has 3 rings (SSSR count). The summed E-state index contributed by atoms with van der Waals surface area (Å²) in [4.78, 5) is 11.6.